The molecule has 1 unspecified atom stereocenters. The van der Waals surface area contributed by atoms with Crippen molar-refractivity contribution < 1.29 is 5.11 Å². The summed E-state index contributed by atoms with van der Waals surface area (Å²) in [4.78, 5) is 0. The Bertz CT molecular complexity index is 23.6. The van der Waals surface area contributed by atoms with Crippen LogP contribution in [0.25, 0.3) is 0 Å². The molecule has 0 aliphatic heterocycles. The molecule has 28 valence electrons. The highest BCUT2D eigenvalue weighted by Gasteiger charge is 1.94. The van der Waals surface area contributed by atoms with E-state index in [2.05, 4.69) is 0 Å². The number of aliphatic hydroxyl groups is 1. The van der Waals surface area contributed by atoms with Gasteiger partial charge in [-0.05, 0) is 4.23 Å². The molecule has 1 nitrogen and oxygen atoms in total. The van der Waals surface area contributed by atoms with Gasteiger partial charge in [-0.15, -0.1) is 0 Å². The van der Waals surface area contributed by atoms with Crippen LogP contribution in [0.2, 0.25) is 0 Å². The molecule has 0 fully saturated rings. The first-order valence-corrected chi connectivity index (χ1v) is 4.47. The Balaban J connectivity index is 2.54. The van der Waals surface area contributed by atoms with Crippen molar-refractivity contribution in [2.24, 2.45) is 0 Å². The maximum Gasteiger partial charge on any atom is 0.536 e. The fourth-order valence-corrected chi connectivity index (χ4v) is 0. The van der Waals surface area contributed by atoms with Crippen LogP contribution in [-0.4, -0.2) is 28.6 Å². The zero-order valence-corrected chi connectivity index (χ0v) is 5.28. The fourth-order valence-electron chi connectivity index (χ4n) is 0. The average molecular weight is 105 g/mol. The van der Waals surface area contributed by atoms with Gasteiger partial charge in [0.05, 0.1) is 0 Å². The van der Waals surface area contributed by atoms with E-state index >= 15 is 0 Å². The van der Waals surface area contributed by atoms with Gasteiger partial charge in [-0.2, -0.15) is 0 Å². The summed E-state index contributed by atoms with van der Waals surface area (Å²) in [6, 6.07) is 0. The van der Waals surface area contributed by atoms with Crippen molar-refractivity contribution in [1.29, 1.82) is 0 Å². The second kappa shape index (κ2) is 3.22. The van der Waals surface area contributed by atoms with Crippen molar-refractivity contribution in [3.63, 3.8) is 0 Å². The Morgan fingerprint density at radius 1 is 2.00 bits per heavy atom. The normalized spacial score (nSPS) is 13.4. The third-order valence-corrected chi connectivity index (χ3v) is 2.01. The number of hydrogen-bond acceptors (Lipinski definition) is 1. The molecule has 0 aromatic heterocycles. The van der Waals surface area contributed by atoms with Crippen molar-refractivity contribution in [2.75, 3.05) is 0 Å². The average Bonchev–Trinajstić information content (AvgIpc) is 1.38. The molecule has 0 saturated carbocycles. The Labute approximate surface area is 44.8 Å². The van der Waals surface area contributed by atoms with E-state index in [1.54, 1.807) is 6.92 Å². The van der Waals surface area contributed by atoms with Crippen LogP contribution in [-0.2, 0) is 0 Å². The fraction of sp³-hybridized carbons (Fsp3) is 1.00. The van der Waals surface area contributed by atoms with Gasteiger partial charge in [0.25, 0.3) is 0 Å². The molecule has 0 aromatic carbocycles. The summed E-state index contributed by atoms with van der Waals surface area (Å²) in [6.07, 6.45) is 0. The number of aliphatic hydroxyl groups excluding tert-OH is 1. The Kier molecular flexibility index (Phi) is 3.87. The summed E-state index contributed by atoms with van der Waals surface area (Å²) in [7, 11) is 5.23. The first kappa shape index (κ1) is 6.02. The highest BCUT2D eigenvalue weighted by molar-refractivity contribution is 6.94. The molecule has 0 bridgehead atoms. The molecule has 5 heavy (non-hydrogen) atoms. The molecule has 1 N–H and O–H groups in total. The smallest absolute Gasteiger partial charge is 0.419 e. The second-order valence-corrected chi connectivity index (χ2v) is 3.42. The van der Waals surface area contributed by atoms with Crippen LogP contribution < -0.4 is 0 Å². The van der Waals surface area contributed by atoms with Crippen LogP contribution in [0.4, 0.5) is 0 Å². The van der Waals surface area contributed by atoms with Gasteiger partial charge in [-0.3, -0.25) is 0 Å². The second-order valence-electron chi connectivity index (χ2n) is 1.00. The third-order valence-electron chi connectivity index (χ3n) is 0.223. The lowest BCUT2D eigenvalue weighted by molar-refractivity contribution is 0.275. The summed E-state index contributed by atoms with van der Waals surface area (Å²) in [5.74, 6) is 0. The molecule has 0 aliphatic rings. The van der Waals surface area contributed by atoms with Gasteiger partial charge in [0.15, 0.2) is 0 Å². The van der Waals surface area contributed by atoms with Gasteiger partial charge in [-0.25, -0.2) is 0 Å². The SMILES string of the molecule is C[CH](O)[Mg][Cl]. The van der Waals surface area contributed by atoms with Crippen molar-refractivity contribution in [3.8, 4) is 0 Å². The van der Waals surface area contributed by atoms with Gasteiger partial charge in [0.2, 0.25) is 0 Å². The minimum atomic E-state index is -0.623. The minimum Gasteiger partial charge on any atom is -0.419 e. The van der Waals surface area contributed by atoms with E-state index < -0.39 is 19.3 Å². The zero-order chi connectivity index (χ0) is 4.28. The van der Waals surface area contributed by atoms with Gasteiger partial charge in [0, 0.05) is 0 Å². The summed E-state index contributed by atoms with van der Waals surface area (Å²) in [5.41, 5.74) is 0. The van der Waals surface area contributed by atoms with Crippen molar-refractivity contribution in [2.45, 2.75) is 11.2 Å². The largest absolute Gasteiger partial charge is 0.536 e. The topological polar surface area (TPSA) is 20.2 Å². The molecule has 0 rings (SSSR count). The molecular weight excluding hydrogens is 99.8 g/mol. The van der Waals surface area contributed by atoms with Crippen molar-refractivity contribution in [1.82, 2.24) is 0 Å². The maximum atomic E-state index is 8.29. The number of rotatable bonds is 1. The van der Waals surface area contributed by atoms with Crippen molar-refractivity contribution >= 4 is 28.3 Å². The lowest BCUT2D eigenvalue weighted by Crippen LogP contribution is -2.02. The van der Waals surface area contributed by atoms with Crippen LogP contribution in [0.5, 0.6) is 0 Å². The van der Waals surface area contributed by atoms with E-state index in [0.717, 1.165) is 0 Å². The molecule has 0 amide bonds. The van der Waals surface area contributed by atoms with Gasteiger partial charge < -0.3 is 14.2 Å². The van der Waals surface area contributed by atoms with Crippen LogP contribution in [0.3, 0.4) is 0 Å². The van der Waals surface area contributed by atoms with E-state index in [1.807, 2.05) is 0 Å². The number of halogens is 1. The quantitative estimate of drug-likeness (QED) is 0.471. The summed E-state index contributed by atoms with van der Waals surface area (Å²) in [5, 5.41) is 8.29. The summed E-state index contributed by atoms with van der Waals surface area (Å²) in [6.45, 7) is 1.71. The molecular formula is C2H5ClMgO. The summed E-state index contributed by atoms with van der Waals surface area (Å²) >= 11 is -0.623. The molecule has 1 atom stereocenters. The van der Waals surface area contributed by atoms with E-state index in [9.17, 15) is 0 Å². The van der Waals surface area contributed by atoms with Gasteiger partial charge in [0.1, 0.15) is 0 Å². The first-order valence-electron chi connectivity index (χ1n) is 1.51. The lowest BCUT2D eigenvalue weighted by Gasteiger charge is -1.85. The van der Waals surface area contributed by atoms with Gasteiger partial charge >= 0.3 is 19.3 Å². The Hall–Kier alpha value is 1.02. The Morgan fingerprint density at radius 3 is 2.20 bits per heavy atom. The van der Waals surface area contributed by atoms with Crippen LogP contribution in [0.15, 0.2) is 0 Å². The molecule has 3 heteroatoms. The van der Waals surface area contributed by atoms with Gasteiger partial charge in [-0.1, -0.05) is 6.92 Å². The first-order chi connectivity index (χ1) is 2.27. The van der Waals surface area contributed by atoms with E-state index in [4.69, 9.17) is 14.2 Å². The standard InChI is InChI=1S/C2H5O.ClH.Mg/c1-2-3;;/h2-3H,1H3;1H;/q;;+1/p-1. The maximum absolute atomic E-state index is 8.29. The molecule has 0 aromatic rings. The van der Waals surface area contributed by atoms with E-state index in [-0.39, 0.29) is 4.23 Å². The summed E-state index contributed by atoms with van der Waals surface area (Å²) < 4.78 is -0.211. The third kappa shape index (κ3) is 5.02. The number of hydrogen-bond donors (Lipinski definition) is 1. The van der Waals surface area contributed by atoms with E-state index in [0.29, 0.717) is 0 Å². The monoisotopic (exact) mass is 104 g/mol. The van der Waals surface area contributed by atoms with Crippen LogP contribution in [0.1, 0.15) is 6.92 Å². The Morgan fingerprint density at radius 2 is 2.20 bits per heavy atom. The lowest BCUT2D eigenvalue weighted by atomic mass is 10.9. The molecule has 0 saturated heterocycles. The van der Waals surface area contributed by atoms with Crippen LogP contribution in [0, 0.1) is 0 Å². The highest BCUT2D eigenvalue weighted by atomic mass is 35.5. The van der Waals surface area contributed by atoms with Crippen LogP contribution >= 0.6 is 9.07 Å². The zero-order valence-electron chi connectivity index (χ0n) is 3.11. The molecule has 0 spiro atoms. The molecule has 0 aliphatic carbocycles. The predicted molar refractivity (Wildman–Crippen MR) is 23.3 cm³/mol. The minimum absolute atomic E-state index is 0.211. The predicted octanol–water partition coefficient (Wildman–Crippen LogP) is 0.183. The van der Waals surface area contributed by atoms with Crippen molar-refractivity contribution in [3.05, 3.63) is 0 Å². The molecule has 0 radical (unpaired) electrons. The highest BCUT2D eigenvalue weighted by Crippen LogP contribution is 1.75. The van der Waals surface area contributed by atoms with E-state index in [1.165, 1.54) is 0 Å². The molecule has 0 heterocycles.